The molecule has 1 aliphatic rings. The molecule has 0 saturated carbocycles. The third-order valence-electron chi connectivity index (χ3n) is 5.53. The van der Waals surface area contributed by atoms with Crippen LogP contribution < -0.4 is 9.04 Å². The summed E-state index contributed by atoms with van der Waals surface area (Å²) >= 11 is 0. The number of sulfonamides is 1. The molecule has 1 aromatic heterocycles. The van der Waals surface area contributed by atoms with Gasteiger partial charge >= 0.3 is 0 Å². The van der Waals surface area contributed by atoms with Crippen molar-refractivity contribution in [3.05, 3.63) is 83.7 Å². The lowest BCUT2D eigenvalue weighted by Crippen LogP contribution is -2.32. The van der Waals surface area contributed by atoms with Crippen molar-refractivity contribution in [1.82, 2.24) is 4.98 Å². The minimum atomic E-state index is -3.44. The number of hydrogen-bond acceptors (Lipinski definition) is 4. The molecule has 1 aliphatic carbocycles. The molecule has 1 heterocycles. The number of nitrogens with zero attached hydrogens (tertiary/aromatic N) is 2. The van der Waals surface area contributed by atoms with E-state index in [0.717, 1.165) is 24.2 Å². The van der Waals surface area contributed by atoms with Crippen molar-refractivity contribution in [2.75, 3.05) is 10.1 Å². The van der Waals surface area contributed by atoms with Gasteiger partial charge in [-0.1, -0.05) is 19.1 Å². The van der Waals surface area contributed by atoms with E-state index < -0.39 is 10.0 Å². The fourth-order valence-corrected chi connectivity index (χ4v) is 5.49. The number of aryl methyl sites for hydroxylation is 2. The Morgan fingerprint density at radius 1 is 0.968 bits per heavy atom. The fourth-order valence-electron chi connectivity index (χ4n) is 3.97. The monoisotopic (exact) mass is 436 g/mol. The minimum absolute atomic E-state index is 0.0979. The molecule has 0 fully saturated rings. The van der Waals surface area contributed by atoms with Crippen LogP contribution in [0.2, 0.25) is 0 Å². The van der Waals surface area contributed by atoms with Gasteiger partial charge in [0.05, 0.1) is 18.0 Å². The Hall–Kier alpha value is -2.86. The van der Waals surface area contributed by atoms with Gasteiger partial charge in [-0.05, 0) is 91.3 Å². The molecule has 4 rings (SSSR count). The number of aromatic nitrogens is 1. The fraction of sp³-hybridized carbons (Fsp3) is 0.320. The lowest BCUT2D eigenvalue weighted by Gasteiger charge is -2.24. The maximum absolute atomic E-state index is 12.9. The van der Waals surface area contributed by atoms with E-state index in [1.54, 1.807) is 24.5 Å². The first-order valence-electron chi connectivity index (χ1n) is 10.8. The molecule has 0 atom stereocenters. The summed E-state index contributed by atoms with van der Waals surface area (Å²) < 4.78 is 33.4. The van der Waals surface area contributed by atoms with Crippen LogP contribution in [0.25, 0.3) is 0 Å². The molecule has 3 aromatic rings. The SMILES string of the molecule is CCCS(=O)(=O)N(Cc1cccnc1)c1ccc(Oc2ccc3c(c2)CCCC3)cc1. The zero-order chi connectivity index (χ0) is 21.7. The van der Waals surface area contributed by atoms with E-state index in [1.807, 2.05) is 37.3 Å². The van der Waals surface area contributed by atoms with E-state index in [-0.39, 0.29) is 12.3 Å². The second-order valence-corrected chi connectivity index (χ2v) is 9.93. The Bertz CT molecular complexity index is 1110. The third-order valence-corrected chi connectivity index (χ3v) is 7.46. The van der Waals surface area contributed by atoms with Gasteiger partial charge in [0.1, 0.15) is 11.5 Å². The van der Waals surface area contributed by atoms with Gasteiger partial charge in [0, 0.05) is 12.4 Å². The van der Waals surface area contributed by atoms with E-state index in [2.05, 4.69) is 17.1 Å². The summed E-state index contributed by atoms with van der Waals surface area (Å²) in [6, 6.07) is 17.3. The first kappa shape index (κ1) is 21.4. The topological polar surface area (TPSA) is 59.5 Å². The van der Waals surface area contributed by atoms with Crippen molar-refractivity contribution < 1.29 is 13.2 Å². The smallest absolute Gasteiger partial charge is 0.235 e. The van der Waals surface area contributed by atoms with Crippen molar-refractivity contribution in [3.63, 3.8) is 0 Å². The lowest BCUT2D eigenvalue weighted by molar-refractivity contribution is 0.480. The molecule has 2 aromatic carbocycles. The van der Waals surface area contributed by atoms with Gasteiger partial charge in [0.15, 0.2) is 0 Å². The Kier molecular flexibility index (Phi) is 6.56. The van der Waals surface area contributed by atoms with Crippen LogP contribution >= 0.6 is 0 Å². The highest BCUT2D eigenvalue weighted by atomic mass is 32.2. The van der Waals surface area contributed by atoms with Crippen LogP contribution in [0.5, 0.6) is 11.5 Å². The number of hydrogen-bond donors (Lipinski definition) is 0. The van der Waals surface area contributed by atoms with Crippen LogP contribution in [0.1, 0.15) is 42.9 Å². The molecule has 0 radical (unpaired) electrons. The second-order valence-electron chi connectivity index (χ2n) is 7.92. The van der Waals surface area contributed by atoms with Crippen LogP contribution in [0.4, 0.5) is 5.69 Å². The van der Waals surface area contributed by atoms with Gasteiger partial charge in [-0.2, -0.15) is 0 Å². The van der Waals surface area contributed by atoms with Gasteiger partial charge in [-0.15, -0.1) is 0 Å². The quantitative estimate of drug-likeness (QED) is 0.468. The summed E-state index contributed by atoms with van der Waals surface area (Å²) in [5.74, 6) is 1.61. The number of benzene rings is 2. The van der Waals surface area contributed by atoms with Gasteiger partial charge in [-0.3, -0.25) is 9.29 Å². The van der Waals surface area contributed by atoms with Gasteiger partial charge in [0.25, 0.3) is 0 Å². The molecule has 0 saturated heterocycles. The highest BCUT2D eigenvalue weighted by Crippen LogP contribution is 2.30. The highest BCUT2D eigenvalue weighted by molar-refractivity contribution is 7.92. The van der Waals surface area contributed by atoms with Crippen LogP contribution in [-0.2, 0) is 29.4 Å². The molecule has 0 aliphatic heterocycles. The molecule has 0 spiro atoms. The summed E-state index contributed by atoms with van der Waals surface area (Å²) in [5.41, 5.74) is 4.25. The molecule has 0 bridgehead atoms. The highest BCUT2D eigenvalue weighted by Gasteiger charge is 2.22. The Morgan fingerprint density at radius 3 is 2.42 bits per heavy atom. The largest absolute Gasteiger partial charge is 0.457 e. The predicted octanol–water partition coefficient (Wildman–Crippen LogP) is 5.50. The third kappa shape index (κ3) is 5.25. The molecule has 0 unspecified atom stereocenters. The number of anilines is 1. The van der Waals surface area contributed by atoms with Crippen molar-refractivity contribution in [1.29, 1.82) is 0 Å². The molecule has 5 nitrogen and oxygen atoms in total. The minimum Gasteiger partial charge on any atom is -0.457 e. The molecule has 0 N–H and O–H groups in total. The Labute approximate surface area is 184 Å². The van der Waals surface area contributed by atoms with E-state index >= 15 is 0 Å². The molecular weight excluding hydrogens is 408 g/mol. The number of ether oxygens (including phenoxy) is 1. The maximum Gasteiger partial charge on any atom is 0.235 e. The average Bonchev–Trinajstić information content (AvgIpc) is 2.79. The first-order valence-corrected chi connectivity index (χ1v) is 12.4. The average molecular weight is 437 g/mol. The summed E-state index contributed by atoms with van der Waals surface area (Å²) in [4.78, 5) is 4.11. The zero-order valence-corrected chi connectivity index (χ0v) is 18.6. The number of fused-ring (bicyclic) bond motifs is 1. The van der Waals surface area contributed by atoms with E-state index in [4.69, 9.17) is 4.74 Å². The van der Waals surface area contributed by atoms with Crippen LogP contribution in [0.3, 0.4) is 0 Å². The van der Waals surface area contributed by atoms with Crippen LogP contribution in [-0.4, -0.2) is 19.2 Å². The molecule has 6 heteroatoms. The molecule has 162 valence electrons. The van der Waals surface area contributed by atoms with Gasteiger partial charge in [0.2, 0.25) is 10.0 Å². The zero-order valence-electron chi connectivity index (χ0n) is 17.8. The van der Waals surface area contributed by atoms with E-state index in [0.29, 0.717) is 17.9 Å². The van der Waals surface area contributed by atoms with Crippen LogP contribution in [0.15, 0.2) is 67.0 Å². The van der Waals surface area contributed by atoms with Gasteiger partial charge < -0.3 is 4.74 Å². The van der Waals surface area contributed by atoms with E-state index in [1.165, 1.54) is 28.3 Å². The normalized spacial score (nSPS) is 13.5. The van der Waals surface area contributed by atoms with Crippen molar-refractivity contribution in [2.45, 2.75) is 45.6 Å². The number of pyridine rings is 1. The maximum atomic E-state index is 12.9. The summed E-state index contributed by atoms with van der Waals surface area (Å²) in [5, 5.41) is 0. The van der Waals surface area contributed by atoms with Crippen molar-refractivity contribution in [3.8, 4) is 11.5 Å². The van der Waals surface area contributed by atoms with Crippen molar-refractivity contribution >= 4 is 15.7 Å². The second kappa shape index (κ2) is 9.52. The summed E-state index contributed by atoms with van der Waals surface area (Å²) in [6.45, 7) is 2.12. The first-order chi connectivity index (χ1) is 15.0. The molecular formula is C25H28N2O3S. The van der Waals surface area contributed by atoms with E-state index in [9.17, 15) is 8.42 Å². The molecule has 31 heavy (non-hydrogen) atoms. The Balaban J connectivity index is 1.55. The Morgan fingerprint density at radius 2 is 1.71 bits per heavy atom. The number of rotatable bonds is 8. The standard InChI is InChI=1S/C25H28N2O3S/c1-2-16-31(28,29)27(19-20-6-5-15-26-18-20)23-10-13-24(14-11-23)30-25-12-9-21-7-3-4-8-22(21)17-25/h5-6,9-15,17-18H,2-4,7-8,16,19H2,1H3. The van der Waals surface area contributed by atoms with Crippen molar-refractivity contribution in [2.24, 2.45) is 0 Å². The van der Waals surface area contributed by atoms with Crippen LogP contribution in [0, 0.1) is 0 Å². The predicted molar refractivity (Wildman–Crippen MR) is 124 cm³/mol. The summed E-state index contributed by atoms with van der Waals surface area (Å²) in [6.07, 6.45) is 8.66. The molecule has 0 amide bonds. The lowest BCUT2D eigenvalue weighted by atomic mass is 9.92. The summed E-state index contributed by atoms with van der Waals surface area (Å²) in [7, 11) is -3.44. The van der Waals surface area contributed by atoms with Gasteiger partial charge in [-0.25, -0.2) is 8.42 Å².